The number of nitrogens with zero attached hydrogens (tertiary/aromatic N) is 1. The monoisotopic (exact) mass is 291 g/mol. The number of carbonyl (C=O) groups is 1. The van der Waals surface area contributed by atoms with E-state index in [-0.39, 0.29) is 17.5 Å². The quantitative estimate of drug-likeness (QED) is 0.829. The number of anilines is 1. The third kappa shape index (κ3) is 4.55. The predicted molar refractivity (Wildman–Crippen MR) is 77.6 cm³/mol. The average molecular weight is 291 g/mol. The van der Waals surface area contributed by atoms with Crippen molar-refractivity contribution in [3.63, 3.8) is 0 Å². The molecular formula is C14H14FN3OS. The molecule has 0 aliphatic rings. The van der Waals surface area contributed by atoms with Gasteiger partial charge in [-0.3, -0.25) is 4.79 Å². The van der Waals surface area contributed by atoms with Gasteiger partial charge in [-0.2, -0.15) is 0 Å². The van der Waals surface area contributed by atoms with Crippen molar-refractivity contribution < 1.29 is 9.18 Å². The SMILES string of the molecule is Nc1ccc(SCC(=O)NCc2ccc(F)cc2)nc1. The highest BCUT2D eigenvalue weighted by Crippen LogP contribution is 2.15. The number of nitrogens with one attached hydrogen (secondary N) is 1. The third-order valence-corrected chi connectivity index (χ3v) is 3.46. The van der Waals surface area contributed by atoms with Gasteiger partial charge in [-0.05, 0) is 29.8 Å². The molecule has 0 bridgehead atoms. The molecule has 0 aliphatic heterocycles. The predicted octanol–water partition coefficient (Wildman–Crippen LogP) is 2.21. The minimum absolute atomic E-state index is 0.0991. The van der Waals surface area contributed by atoms with Crippen LogP contribution in [0.3, 0.4) is 0 Å². The zero-order valence-electron chi connectivity index (χ0n) is 10.7. The Bertz CT molecular complexity index is 520. The minimum atomic E-state index is -0.287. The summed E-state index contributed by atoms with van der Waals surface area (Å²) in [5.41, 5.74) is 6.98. The van der Waals surface area contributed by atoms with Gasteiger partial charge in [-0.15, -0.1) is 0 Å². The molecule has 6 heteroatoms. The Labute approximate surface area is 120 Å². The van der Waals surface area contributed by atoms with Crippen molar-refractivity contribution in [2.45, 2.75) is 11.6 Å². The van der Waals surface area contributed by atoms with E-state index in [1.807, 2.05) is 0 Å². The Morgan fingerprint density at radius 3 is 2.65 bits per heavy atom. The normalized spacial score (nSPS) is 10.2. The Morgan fingerprint density at radius 1 is 1.25 bits per heavy atom. The highest BCUT2D eigenvalue weighted by molar-refractivity contribution is 7.99. The number of carbonyl (C=O) groups excluding carboxylic acids is 1. The number of nitrogen functional groups attached to an aromatic ring is 1. The molecule has 2 aromatic rings. The summed E-state index contributed by atoms with van der Waals surface area (Å²) in [5, 5.41) is 3.51. The first-order valence-electron chi connectivity index (χ1n) is 5.99. The molecule has 20 heavy (non-hydrogen) atoms. The van der Waals surface area contributed by atoms with Crippen LogP contribution in [0.2, 0.25) is 0 Å². The van der Waals surface area contributed by atoms with Crippen LogP contribution in [0.25, 0.3) is 0 Å². The molecule has 4 nitrogen and oxygen atoms in total. The first-order valence-corrected chi connectivity index (χ1v) is 6.97. The lowest BCUT2D eigenvalue weighted by atomic mass is 10.2. The van der Waals surface area contributed by atoms with Gasteiger partial charge in [0.2, 0.25) is 5.91 Å². The van der Waals surface area contributed by atoms with Gasteiger partial charge in [0.15, 0.2) is 0 Å². The molecule has 0 aliphatic carbocycles. The number of nitrogens with two attached hydrogens (primary N) is 1. The van der Waals surface area contributed by atoms with Gasteiger partial charge in [0, 0.05) is 6.54 Å². The molecule has 0 spiro atoms. The van der Waals surface area contributed by atoms with E-state index in [0.717, 1.165) is 10.6 Å². The van der Waals surface area contributed by atoms with Crippen LogP contribution >= 0.6 is 11.8 Å². The van der Waals surface area contributed by atoms with E-state index in [0.29, 0.717) is 12.2 Å². The van der Waals surface area contributed by atoms with E-state index < -0.39 is 0 Å². The molecule has 0 saturated carbocycles. The number of hydrogen-bond donors (Lipinski definition) is 2. The number of halogens is 1. The van der Waals surface area contributed by atoms with Crippen LogP contribution in [0, 0.1) is 5.82 Å². The number of hydrogen-bond acceptors (Lipinski definition) is 4. The Hall–Kier alpha value is -2.08. The number of thioether (sulfide) groups is 1. The van der Waals surface area contributed by atoms with Crippen molar-refractivity contribution in [2.24, 2.45) is 0 Å². The molecule has 104 valence electrons. The van der Waals surface area contributed by atoms with Gasteiger partial charge in [0.1, 0.15) is 5.82 Å². The van der Waals surface area contributed by atoms with E-state index in [2.05, 4.69) is 10.3 Å². The van der Waals surface area contributed by atoms with E-state index in [1.165, 1.54) is 23.9 Å². The van der Waals surface area contributed by atoms with Crippen molar-refractivity contribution in [2.75, 3.05) is 11.5 Å². The highest BCUT2D eigenvalue weighted by atomic mass is 32.2. The summed E-state index contributed by atoms with van der Waals surface area (Å²) < 4.78 is 12.7. The Morgan fingerprint density at radius 2 is 2.00 bits per heavy atom. The summed E-state index contributed by atoms with van der Waals surface area (Å²) in [6, 6.07) is 9.54. The summed E-state index contributed by atoms with van der Waals surface area (Å²) in [6.07, 6.45) is 1.55. The Kier molecular flexibility index (Phi) is 4.95. The molecule has 0 fully saturated rings. The van der Waals surface area contributed by atoms with Gasteiger partial charge in [0.25, 0.3) is 0 Å². The van der Waals surface area contributed by atoms with Crippen molar-refractivity contribution in [1.82, 2.24) is 10.3 Å². The zero-order valence-corrected chi connectivity index (χ0v) is 11.5. The number of aromatic nitrogens is 1. The first kappa shape index (κ1) is 14.3. The molecule has 1 heterocycles. The second kappa shape index (κ2) is 6.91. The highest BCUT2D eigenvalue weighted by Gasteiger charge is 2.04. The van der Waals surface area contributed by atoms with Crippen LogP contribution in [0.15, 0.2) is 47.6 Å². The van der Waals surface area contributed by atoms with Crippen LogP contribution in [0.5, 0.6) is 0 Å². The maximum Gasteiger partial charge on any atom is 0.230 e. The molecule has 1 aromatic carbocycles. The van der Waals surface area contributed by atoms with Crippen molar-refractivity contribution >= 4 is 23.4 Å². The van der Waals surface area contributed by atoms with Crippen LogP contribution in [-0.4, -0.2) is 16.6 Å². The first-order chi connectivity index (χ1) is 9.63. The summed E-state index contributed by atoms with van der Waals surface area (Å²) in [4.78, 5) is 15.8. The van der Waals surface area contributed by atoms with Gasteiger partial charge < -0.3 is 11.1 Å². The Balaban J connectivity index is 1.75. The zero-order chi connectivity index (χ0) is 14.4. The molecule has 0 saturated heterocycles. The molecule has 0 unspecified atom stereocenters. The van der Waals surface area contributed by atoms with Crippen LogP contribution in [0.4, 0.5) is 10.1 Å². The number of benzene rings is 1. The van der Waals surface area contributed by atoms with Gasteiger partial charge in [-0.1, -0.05) is 23.9 Å². The summed E-state index contributed by atoms with van der Waals surface area (Å²) >= 11 is 1.34. The molecule has 1 amide bonds. The van der Waals surface area contributed by atoms with E-state index in [9.17, 15) is 9.18 Å². The van der Waals surface area contributed by atoms with E-state index in [4.69, 9.17) is 5.73 Å². The second-order valence-corrected chi connectivity index (χ2v) is 5.12. The van der Waals surface area contributed by atoms with Crippen molar-refractivity contribution in [3.8, 4) is 0 Å². The number of rotatable bonds is 5. The topological polar surface area (TPSA) is 68.0 Å². The molecular weight excluding hydrogens is 277 g/mol. The fourth-order valence-corrected chi connectivity index (χ4v) is 2.14. The maximum atomic E-state index is 12.7. The fraction of sp³-hybridized carbons (Fsp3) is 0.143. The smallest absolute Gasteiger partial charge is 0.230 e. The average Bonchev–Trinajstić information content (AvgIpc) is 2.46. The summed E-state index contributed by atoms with van der Waals surface area (Å²) in [7, 11) is 0. The molecule has 3 N–H and O–H groups in total. The fourth-order valence-electron chi connectivity index (χ4n) is 1.47. The number of pyridine rings is 1. The lowest BCUT2D eigenvalue weighted by Crippen LogP contribution is -2.24. The summed E-state index contributed by atoms with van der Waals surface area (Å²) in [6.45, 7) is 0.384. The second-order valence-electron chi connectivity index (χ2n) is 4.12. The van der Waals surface area contributed by atoms with Crippen LogP contribution in [-0.2, 0) is 11.3 Å². The van der Waals surface area contributed by atoms with Gasteiger partial charge in [-0.25, -0.2) is 9.37 Å². The van der Waals surface area contributed by atoms with Crippen molar-refractivity contribution in [1.29, 1.82) is 0 Å². The minimum Gasteiger partial charge on any atom is -0.397 e. The molecule has 0 radical (unpaired) electrons. The molecule has 2 rings (SSSR count). The maximum absolute atomic E-state index is 12.7. The standard InChI is InChI=1S/C14H14FN3OS/c15-11-3-1-10(2-4-11)7-17-13(19)9-20-14-6-5-12(16)8-18-14/h1-6,8H,7,9,16H2,(H,17,19). The van der Waals surface area contributed by atoms with Crippen LogP contribution in [0.1, 0.15) is 5.56 Å². The van der Waals surface area contributed by atoms with Crippen LogP contribution < -0.4 is 11.1 Å². The third-order valence-electron chi connectivity index (χ3n) is 2.51. The van der Waals surface area contributed by atoms with Gasteiger partial charge >= 0.3 is 0 Å². The van der Waals surface area contributed by atoms with Crippen molar-refractivity contribution in [3.05, 3.63) is 54.0 Å². The summed E-state index contributed by atoms with van der Waals surface area (Å²) in [5.74, 6) is -0.110. The van der Waals surface area contributed by atoms with E-state index >= 15 is 0 Å². The van der Waals surface area contributed by atoms with Gasteiger partial charge in [0.05, 0.1) is 22.7 Å². The number of amides is 1. The lowest BCUT2D eigenvalue weighted by molar-refractivity contribution is -0.118. The molecule has 0 atom stereocenters. The van der Waals surface area contributed by atoms with E-state index in [1.54, 1.807) is 30.5 Å². The molecule has 1 aromatic heterocycles. The lowest BCUT2D eigenvalue weighted by Gasteiger charge is -2.05. The largest absolute Gasteiger partial charge is 0.397 e.